The summed E-state index contributed by atoms with van der Waals surface area (Å²) in [5, 5.41) is 19.9. The monoisotopic (exact) mass is 248 g/mol. The van der Waals surface area contributed by atoms with E-state index in [1.54, 1.807) is 6.33 Å². The Labute approximate surface area is 104 Å². The van der Waals surface area contributed by atoms with Crippen molar-refractivity contribution in [2.75, 3.05) is 0 Å². The summed E-state index contributed by atoms with van der Waals surface area (Å²) in [5.41, 5.74) is 2.28. The summed E-state index contributed by atoms with van der Waals surface area (Å²) < 4.78 is 1.85. The minimum absolute atomic E-state index is 0.0744. The van der Waals surface area contributed by atoms with Gasteiger partial charge in [-0.2, -0.15) is 0 Å². The van der Waals surface area contributed by atoms with Gasteiger partial charge < -0.3 is 14.8 Å². The Morgan fingerprint density at radius 1 is 1.22 bits per heavy atom. The van der Waals surface area contributed by atoms with Gasteiger partial charge in [0.2, 0.25) is 0 Å². The van der Waals surface area contributed by atoms with Gasteiger partial charge in [-0.25, -0.2) is 15.0 Å². The molecule has 1 aliphatic rings. The van der Waals surface area contributed by atoms with Crippen LogP contribution in [0.5, 0.6) is 0 Å². The van der Waals surface area contributed by atoms with Crippen LogP contribution in [0, 0.1) is 12.8 Å². The van der Waals surface area contributed by atoms with Crippen LogP contribution in [0.15, 0.2) is 12.7 Å². The number of aliphatic hydroxyl groups is 2. The van der Waals surface area contributed by atoms with Gasteiger partial charge in [-0.3, -0.25) is 0 Å². The fourth-order valence-corrected chi connectivity index (χ4v) is 2.71. The SMILES string of the molecule is Cc1ncnc2c1ncn2[C@H]1C[C@@H](C)[C@H](O)[C@@H]1O. The van der Waals surface area contributed by atoms with E-state index in [4.69, 9.17) is 0 Å². The quantitative estimate of drug-likeness (QED) is 0.765. The molecule has 0 saturated heterocycles. The van der Waals surface area contributed by atoms with E-state index in [9.17, 15) is 10.2 Å². The van der Waals surface area contributed by atoms with Crippen molar-refractivity contribution in [3.63, 3.8) is 0 Å². The molecule has 18 heavy (non-hydrogen) atoms. The third kappa shape index (κ3) is 1.53. The number of aromatic nitrogens is 4. The van der Waals surface area contributed by atoms with Crippen molar-refractivity contribution in [2.45, 2.75) is 38.5 Å². The number of aliphatic hydroxyl groups excluding tert-OH is 2. The van der Waals surface area contributed by atoms with Crippen molar-refractivity contribution in [1.82, 2.24) is 19.5 Å². The molecule has 2 heterocycles. The van der Waals surface area contributed by atoms with Gasteiger partial charge in [-0.05, 0) is 19.3 Å². The van der Waals surface area contributed by atoms with Crippen LogP contribution in [0.1, 0.15) is 25.1 Å². The third-order valence-electron chi connectivity index (χ3n) is 3.84. The fourth-order valence-electron chi connectivity index (χ4n) is 2.71. The molecule has 4 atom stereocenters. The standard InChI is InChI=1S/C12H16N4O2/c1-6-3-8(11(18)10(6)17)16-5-15-9-7(2)13-4-14-12(9)16/h4-6,8,10-11,17-18H,3H2,1-2H3/t6-,8+,10+,11-/m1/s1. The summed E-state index contributed by atoms with van der Waals surface area (Å²) in [6.07, 6.45) is 2.43. The Morgan fingerprint density at radius 2 is 2.00 bits per heavy atom. The van der Waals surface area contributed by atoms with Crippen molar-refractivity contribution >= 4 is 11.2 Å². The number of fused-ring (bicyclic) bond motifs is 1. The molecule has 1 fully saturated rings. The normalized spacial score (nSPS) is 32.2. The van der Waals surface area contributed by atoms with Crippen LogP contribution in [0.3, 0.4) is 0 Å². The molecule has 0 amide bonds. The highest BCUT2D eigenvalue weighted by atomic mass is 16.3. The minimum atomic E-state index is -0.771. The summed E-state index contributed by atoms with van der Waals surface area (Å²) in [7, 11) is 0. The number of hydrogen-bond acceptors (Lipinski definition) is 5. The van der Waals surface area contributed by atoms with Gasteiger partial charge in [0.15, 0.2) is 5.65 Å². The zero-order chi connectivity index (χ0) is 12.9. The smallest absolute Gasteiger partial charge is 0.163 e. The van der Waals surface area contributed by atoms with Crippen LogP contribution in [0.2, 0.25) is 0 Å². The van der Waals surface area contributed by atoms with E-state index in [0.717, 1.165) is 17.6 Å². The maximum atomic E-state index is 10.1. The molecule has 0 bridgehead atoms. The van der Waals surface area contributed by atoms with Gasteiger partial charge in [-0.15, -0.1) is 0 Å². The highest BCUT2D eigenvalue weighted by molar-refractivity contribution is 5.72. The summed E-state index contributed by atoms with van der Waals surface area (Å²) in [6, 6.07) is -0.172. The van der Waals surface area contributed by atoms with E-state index in [2.05, 4.69) is 15.0 Å². The van der Waals surface area contributed by atoms with E-state index in [0.29, 0.717) is 5.65 Å². The molecular formula is C12H16N4O2. The van der Waals surface area contributed by atoms with Crippen LogP contribution < -0.4 is 0 Å². The average molecular weight is 248 g/mol. The molecule has 0 spiro atoms. The lowest BCUT2D eigenvalue weighted by molar-refractivity contribution is 0.00964. The van der Waals surface area contributed by atoms with Crippen LogP contribution in [-0.4, -0.2) is 41.9 Å². The van der Waals surface area contributed by atoms with Gasteiger partial charge in [-0.1, -0.05) is 6.92 Å². The molecule has 2 aromatic heterocycles. The second kappa shape index (κ2) is 4.00. The molecular weight excluding hydrogens is 232 g/mol. The Kier molecular flexibility index (Phi) is 2.57. The van der Waals surface area contributed by atoms with Crippen molar-refractivity contribution in [3.05, 3.63) is 18.3 Å². The third-order valence-corrected chi connectivity index (χ3v) is 3.84. The van der Waals surface area contributed by atoms with E-state index in [1.807, 2.05) is 18.4 Å². The van der Waals surface area contributed by atoms with Gasteiger partial charge in [0.05, 0.1) is 24.2 Å². The van der Waals surface area contributed by atoms with E-state index >= 15 is 0 Å². The molecule has 6 heteroatoms. The Hall–Kier alpha value is -1.53. The van der Waals surface area contributed by atoms with E-state index in [-0.39, 0.29) is 12.0 Å². The number of aryl methyl sites for hydroxylation is 1. The fraction of sp³-hybridized carbons (Fsp3) is 0.583. The highest BCUT2D eigenvalue weighted by Crippen LogP contribution is 2.36. The first kappa shape index (κ1) is 11.6. The largest absolute Gasteiger partial charge is 0.390 e. The number of nitrogens with zero attached hydrogens (tertiary/aromatic N) is 4. The molecule has 6 nitrogen and oxygen atoms in total. The van der Waals surface area contributed by atoms with Crippen LogP contribution in [0.4, 0.5) is 0 Å². The average Bonchev–Trinajstić information content (AvgIpc) is 2.88. The van der Waals surface area contributed by atoms with Crippen molar-refractivity contribution in [1.29, 1.82) is 0 Å². The van der Waals surface area contributed by atoms with Gasteiger partial charge in [0, 0.05) is 0 Å². The van der Waals surface area contributed by atoms with Crippen molar-refractivity contribution in [3.8, 4) is 0 Å². The molecule has 1 aliphatic carbocycles. The molecule has 1 saturated carbocycles. The lowest BCUT2D eigenvalue weighted by atomic mass is 10.1. The second-order valence-corrected chi connectivity index (χ2v) is 5.04. The predicted molar refractivity (Wildman–Crippen MR) is 64.9 cm³/mol. The van der Waals surface area contributed by atoms with E-state index in [1.165, 1.54) is 6.33 Å². The van der Waals surface area contributed by atoms with Gasteiger partial charge in [0.25, 0.3) is 0 Å². The molecule has 0 aliphatic heterocycles. The Morgan fingerprint density at radius 3 is 2.67 bits per heavy atom. The zero-order valence-corrected chi connectivity index (χ0v) is 10.4. The first-order valence-electron chi connectivity index (χ1n) is 6.10. The van der Waals surface area contributed by atoms with Crippen LogP contribution in [-0.2, 0) is 0 Å². The molecule has 0 radical (unpaired) electrons. The van der Waals surface area contributed by atoms with Crippen LogP contribution >= 0.6 is 0 Å². The Bertz CT molecular complexity index is 582. The number of rotatable bonds is 1. The molecule has 96 valence electrons. The second-order valence-electron chi connectivity index (χ2n) is 5.04. The highest BCUT2D eigenvalue weighted by Gasteiger charge is 2.40. The molecule has 3 rings (SSSR count). The van der Waals surface area contributed by atoms with Crippen molar-refractivity contribution in [2.24, 2.45) is 5.92 Å². The minimum Gasteiger partial charge on any atom is -0.390 e. The molecule has 0 aromatic carbocycles. The zero-order valence-electron chi connectivity index (χ0n) is 10.4. The summed E-state index contributed by atoms with van der Waals surface area (Å²) in [5.74, 6) is 0.0744. The van der Waals surface area contributed by atoms with Gasteiger partial charge in [0.1, 0.15) is 17.9 Å². The van der Waals surface area contributed by atoms with E-state index < -0.39 is 12.2 Å². The molecule has 0 unspecified atom stereocenters. The topological polar surface area (TPSA) is 84.1 Å². The number of imidazole rings is 1. The van der Waals surface area contributed by atoms with Crippen LogP contribution in [0.25, 0.3) is 11.2 Å². The molecule has 2 N–H and O–H groups in total. The maximum Gasteiger partial charge on any atom is 0.163 e. The predicted octanol–water partition coefficient (Wildman–Crippen LogP) is 0.437. The first-order valence-corrected chi connectivity index (χ1v) is 6.10. The lowest BCUT2D eigenvalue weighted by Gasteiger charge is -2.18. The summed E-state index contributed by atoms with van der Waals surface area (Å²) in [6.45, 7) is 3.82. The maximum absolute atomic E-state index is 10.1. The lowest BCUT2D eigenvalue weighted by Crippen LogP contribution is -2.28. The summed E-state index contributed by atoms with van der Waals surface area (Å²) in [4.78, 5) is 12.6. The molecule has 2 aromatic rings. The summed E-state index contributed by atoms with van der Waals surface area (Å²) >= 11 is 0. The first-order chi connectivity index (χ1) is 8.59. The number of hydrogen-bond donors (Lipinski definition) is 2. The van der Waals surface area contributed by atoms with Gasteiger partial charge >= 0.3 is 0 Å². The van der Waals surface area contributed by atoms with Crippen molar-refractivity contribution < 1.29 is 10.2 Å². The Balaban J connectivity index is 2.08.